The molecule has 0 unspecified atom stereocenters. The van der Waals surface area contributed by atoms with Crippen LogP contribution in [0.3, 0.4) is 0 Å². The van der Waals surface area contributed by atoms with Gasteiger partial charge in [0.1, 0.15) is 10.6 Å². The summed E-state index contributed by atoms with van der Waals surface area (Å²) in [7, 11) is -3.88. The topological polar surface area (TPSA) is 105 Å². The van der Waals surface area contributed by atoms with Crippen molar-refractivity contribution < 1.29 is 17.9 Å². The summed E-state index contributed by atoms with van der Waals surface area (Å²) in [6.07, 6.45) is 0. The number of rotatable bonds is 4. The normalized spacial score (nSPS) is 16.2. The van der Waals surface area contributed by atoms with Crippen molar-refractivity contribution in [3.63, 3.8) is 0 Å². The number of benzene rings is 1. The predicted octanol–water partition coefficient (Wildman–Crippen LogP) is 2.02. The SMILES string of the molecule is NC(=O)c1[nH]c2ccc(-c3cccs3)cc2c1S(=O)(=O)N1CCOCC1. The van der Waals surface area contributed by atoms with Gasteiger partial charge < -0.3 is 15.5 Å². The maximum Gasteiger partial charge on any atom is 0.266 e. The van der Waals surface area contributed by atoms with Gasteiger partial charge in [0.2, 0.25) is 10.0 Å². The largest absolute Gasteiger partial charge is 0.379 e. The van der Waals surface area contributed by atoms with Gasteiger partial charge in [-0.05, 0) is 29.1 Å². The molecule has 0 spiro atoms. The summed E-state index contributed by atoms with van der Waals surface area (Å²) in [5.41, 5.74) is 6.82. The summed E-state index contributed by atoms with van der Waals surface area (Å²) in [5, 5.41) is 2.42. The standard InChI is InChI=1S/C17H17N3O4S2/c18-17(21)15-16(26(22,23)20-5-7-24-8-6-20)12-10-11(3-4-13(12)19-15)14-2-1-9-25-14/h1-4,9-10,19H,5-8H2,(H2,18,21). The molecule has 1 aliphatic heterocycles. The molecule has 0 radical (unpaired) electrons. The second-order valence-electron chi connectivity index (χ2n) is 5.95. The van der Waals surface area contributed by atoms with Crippen LogP contribution in [0.5, 0.6) is 0 Å². The lowest BCUT2D eigenvalue weighted by Crippen LogP contribution is -2.41. The number of morpholine rings is 1. The smallest absolute Gasteiger partial charge is 0.266 e. The molecule has 7 nitrogen and oxygen atoms in total. The van der Waals surface area contributed by atoms with E-state index < -0.39 is 15.9 Å². The number of carbonyl (C=O) groups is 1. The second kappa shape index (κ2) is 6.51. The van der Waals surface area contributed by atoms with Crippen LogP contribution >= 0.6 is 11.3 Å². The van der Waals surface area contributed by atoms with Crippen LogP contribution in [0.4, 0.5) is 0 Å². The molecule has 0 atom stereocenters. The minimum absolute atomic E-state index is 0.0553. The molecule has 0 bridgehead atoms. The molecule has 136 valence electrons. The van der Waals surface area contributed by atoms with Crippen LogP contribution in [0, 0.1) is 0 Å². The monoisotopic (exact) mass is 391 g/mol. The Morgan fingerprint density at radius 3 is 2.65 bits per heavy atom. The molecule has 9 heteroatoms. The van der Waals surface area contributed by atoms with Gasteiger partial charge in [-0.1, -0.05) is 12.1 Å². The number of amides is 1. The third-order valence-electron chi connectivity index (χ3n) is 4.37. The lowest BCUT2D eigenvalue weighted by molar-refractivity contribution is 0.0730. The average Bonchev–Trinajstić information content (AvgIpc) is 3.29. The number of nitrogens with zero attached hydrogens (tertiary/aromatic N) is 1. The molecule has 3 heterocycles. The van der Waals surface area contributed by atoms with Gasteiger partial charge in [-0.2, -0.15) is 4.31 Å². The Balaban J connectivity index is 1.94. The van der Waals surface area contributed by atoms with E-state index in [0.717, 1.165) is 10.4 Å². The van der Waals surface area contributed by atoms with Crippen molar-refractivity contribution in [2.24, 2.45) is 5.73 Å². The maximum absolute atomic E-state index is 13.2. The first kappa shape index (κ1) is 17.2. The number of aromatic amines is 1. The Morgan fingerprint density at radius 2 is 2.00 bits per heavy atom. The average molecular weight is 391 g/mol. The Kier molecular flexibility index (Phi) is 4.31. The zero-order chi connectivity index (χ0) is 18.3. The molecule has 3 N–H and O–H groups in total. The number of fused-ring (bicyclic) bond motifs is 1. The van der Waals surface area contributed by atoms with Crippen LogP contribution < -0.4 is 5.73 Å². The molecule has 1 fully saturated rings. The van der Waals surface area contributed by atoms with E-state index in [9.17, 15) is 13.2 Å². The van der Waals surface area contributed by atoms with Crippen LogP contribution in [0.1, 0.15) is 10.5 Å². The molecule has 2 aromatic heterocycles. The zero-order valence-corrected chi connectivity index (χ0v) is 15.4. The molecule has 0 aliphatic carbocycles. The summed E-state index contributed by atoms with van der Waals surface area (Å²) >= 11 is 1.56. The first-order valence-corrected chi connectivity index (χ1v) is 10.4. The Labute approximate surface area is 154 Å². The van der Waals surface area contributed by atoms with Crippen LogP contribution in [-0.2, 0) is 14.8 Å². The third-order valence-corrected chi connectivity index (χ3v) is 7.27. The van der Waals surface area contributed by atoms with Gasteiger partial charge in [0.25, 0.3) is 5.91 Å². The summed E-state index contributed by atoms with van der Waals surface area (Å²) in [6, 6.07) is 9.35. The van der Waals surface area contributed by atoms with Gasteiger partial charge in [0.05, 0.1) is 13.2 Å². The van der Waals surface area contributed by atoms with Crippen LogP contribution in [-0.4, -0.2) is 49.9 Å². The molecule has 1 saturated heterocycles. The minimum Gasteiger partial charge on any atom is -0.379 e. The van der Waals surface area contributed by atoms with Crippen molar-refractivity contribution in [3.8, 4) is 10.4 Å². The number of hydrogen-bond acceptors (Lipinski definition) is 5. The molecule has 1 aliphatic rings. The molecule has 1 amide bonds. The number of aromatic nitrogens is 1. The van der Waals surface area contributed by atoms with Gasteiger partial charge in [-0.3, -0.25) is 4.79 Å². The summed E-state index contributed by atoms with van der Waals surface area (Å²) in [6.45, 7) is 1.15. The number of thiophene rings is 1. The number of hydrogen-bond donors (Lipinski definition) is 2. The zero-order valence-electron chi connectivity index (χ0n) is 13.8. The van der Waals surface area contributed by atoms with E-state index in [1.165, 1.54) is 4.31 Å². The van der Waals surface area contributed by atoms with Crippen molar-refractivity contribution in [2.45, 2.75) is 4.90 Å². The molecular weight excluding hydrogens is 374 g/mol. The highest BCUT2D eigenvalue weighted by Crippen LogP contribution is 2.34. The Morgan fingerprint density at radius 1 is 1.23 bits per heavy atom. The van der Waals surface area contributed by atoms with Crippen molar-refractivity contribution in [2.75, 3.05) is 26.3 Å². The quantitative estimate of drug-likeness (QED) is 0.710. The summed E-state index contributed by atoms with van der Waals surface area (Å²) in [4.78, 5) is 15.8. The fraction of sp³-hybridized carbons (Fsp3) is 0.235. The molecule has 0 saturated carbocycles. The van der Waals surface area contributed by atoms with E-state index in [-0.39, 0.29) is 23.7 Å². The number of carbonyl (C=O) groups excluding carboxylic acids is 1. The van der Waals surface area contributed by atoms with Gasteiger partial charge >= 0.3 is 0 Å². The number of ether oxygens (including phenoxy) is 1. The van der Waals surface area contributed by atoms with E-state index >= 15 is 0 Å². The molecular formula is C17H17N3O4S2. The fourth-order valence-corrected chi connectivity index (χ4v) is 5.59. The van der Waals surface area contributed by atoms with Crippen molar-refractivity contribution in [1.82, 2.24) is 9.29 Å². The first-order chi connectivity index (χ1) is 12.5. The first-order valence-electron chi connectivity index (χ1n) is 8.06. The van der Waals surface area contributed by atoms with Gasteiger partial charge in [-0.25, -0.2) is 8.42 Å². The molecule has 4 rings (SSSR count). The van der Waals surface area contributed by atoms with Crippen LogP contribution in [0.15, 0.2) is 40.6 Å². The van der Waals surface area contributed by atoms with Crippen molar-refractivity contribution >= 4 is 38.2 Å². The van der Waals surface area contributed by atoms with E-state index in [1.807, 2.05) is 23.6 Å². The third kappa shape index (κ3) is 2.82. The lowest BCUT2D eigenvalue weighted by atomic mass is 10.1. The van der Waals surface area contributed by atoms with Gasteiger partial charge in [0, 0.05) is 28.9 Å². The number of nitrogens with one attached hydrogen (secondary N) is 1. The Hall–Kier alpha value is -2.20. The van der Waals surface area contributed by atoms with Crippen molar-refractivity contribution in [3.05, 3.63) is 41.4 Å². The van der Waals surface area contributed by atoms with Gasteiger partial charge in [-0.15, -0.1) is 11.3 Å². The lowest BCUT2D eigenvalue weighted by Gasteiger charge is -2.26. The van der Waals surface area contributed by atoms with E-state index in [2.05, 4.69) is 4.98 Å². The minimum atomic E-state index is -3.88. The summed E-state index contributed by atoms with van der Waals surface area (Å²) in [5.74, 6) is -0.800. The van der Waals surface area contributed by atoms with E-state index in [1.54, 1.807) is 23.5 Å². The number of primary amides is 1. The van der Waals surface area contributed by atoms with Gasteiger partial charge in [0.15, 0.2) is 0 Å². The molecule has 1 aromatic carbocycles. The predicted molar refractivity (Wildman–Crippen MR) is 99.7 cm³/mol. The number of sulfonamides is 1. The Bertz CT molecular complexity index is 1070. The van der Waals surface area contributed by atoms with E-state index in [0.29, 0.717) is 24.1 Å². The highest BCUT2D eigenvalue weighted by Gasteiger charge is 2.33. The number of nitrogens with two attached hydrogens (primary N) is 1. The van der Waals surface area contributed by atoms with Crippen LogP contribution in [0.2, 0.25) is 0 Å². The van der Waals surface area contributed by atoms with Crippen molar-refractivity contribution in [1.29, 1.82) is 0 Å². The summed E-state index contributed by atoms with van der Waals surface area (Å²) < 4.78 is 33.0. The highest BCUT2D eigenvalue weighted by atomic mass is 32.2. The highest BCUT2D eigenvalue weighted by molar-refractivity contribution is 7.89. The fourth-order valence-electron chi connectivity index (χ4n) is 3.12. The van der Waals surface area contributed by atoms with Crippen LogP contribution in [0.25, 0.3) is 21.3 Å². The molecule has 3 aromatic rings. The number of H-pyrrole nitrogens is 1. The second-order valence-corrected chi connectivity index (χ2v) is 8.77. The van der Waals surface area contributed by atoms with E-state index in [4.69, 9.17) is 10.5 Å². The molecule has 26 heavy (non-hydrogen) atoms. The maximum atomic E-state index is 13.2.